The first-order valence-electron chi connectivity index (χ1n) is 5.78. The Labute approximate surface area is 107 Å². The van der Waals surface area contributed by atoms with Gasteiger partial charge in [-0.1, -0.05) is 0 Å². The number of aliphatic carboxylic acids is 1. The number of aromatic amines is 1. The smallest absolute Gasteiger partial charge is 0.332 e. The van der Waals surface area contributed by atoms with Gasteiger partial charge in [-0.3, -0.25) is 9.59 Å². The lowest BCUT2D eigenvalue weighted by molar-refractivity contribution is -0.149. The molecule has 0 aliphatic carbocycles. The van der Waals surface area contributed by atoms with Crippen LogP contribution in [0.2, 0.25) is 0 Å². The number of nitrogens with one attached hydrogen (secondary N) is 2. The molecule has 19 heavy (non-hydrogen) atoms. The van der Waals surface area contributed by atoms with Crippen LogP contribution in [-0.2, 0) is 9.53 Å². The summed E-state index contributed by atoms with van der Waals surface area (Å²) in [4.78, 5) is 33.1. The van der Waals surface area contributed by atoms with E-state index in [-0.39, 0.29) is 23.9 Å². The summed E-state index contributed by atoms with van der Waals surface area (Å²) in [5, 5.41) is 17.1. The van der Waals surface area contributed by atoms with Crippen molar-refractivity contribution in [1.29, 1.82) is 0 Å². The van der Waals surface area contributed by atoms with Crippen molar-refractivity contribution in [3.63, 3.8) is 0 Å². The second-order valence-electron chi connectivity index (χ2n) is 4.18. The molecule has 0 saturated carbocycles. The van der Waals surface area contributed by atoms with Crippen molar-refractivity contribution in [3.05, 3.63) is 28.2 Å². The molecule has 1 aliphatic rings. The average Bonchev–Trinajstić information content (AvgIpc) is 2.86. The lowest BCUT2D eigenvalue weighted by Gasteiger charge is -2.11. The third-order valence-corrected chi connectivity index (χ3v) is 2.79. The molecule has 0 spiro atoms. The van der Waals surface area contributed by atoms with Crippen molar-refractivity contribution in [2.75, 3.05) is 6.54 Å². The molecule has 1 fully saturated rings. The highest BCUT2D eigenvalue weighted by atomic mass is 16.5. The van der Waals surface area contributed by atoms with Gasteiger partial charge in [0.1, 0.15) is 5.69 Å². The van der Waals surface area contributed by atoms with Gasteiger partial charge in [0.05, 0.1) is 6.10 Å². The molecule has 2 atom stereocenters. The number of aromatic nitrogens is 2. The van der Waals surface area contributed by atoms with E-state index in [1.807, 2.05) is 0 Å². The molecule has 102 valence electrons. The lowest BCUT2D eigenvalue weighted by Crippen LogP contribution is -2.34. The molecule has 0 radical (unpaired) electrons. The minimum atomic E-state index is -0.990. The van der Waals surface area contributed by atoms with Crippen LogP contribution < -0.4 is 10.9 Å². The van der Waals surface area contributed by atoms with Crippen LogP contribution in [0.4, 0.5) is 0 Å². The number of carbonyl (C=O) groups excluding carboxylic acids is 1. The van der Waals surface area contributed by atoms with E-state index in [1.54, 1.807) is 0 Å². The van der Waals surface area contributed by atoms with Crippen LogP contribution in [0.1, 0.15) is 23.3 Å². The molecule has 1 aliphatic heterocycles. The number of rotatable bonds is 4. The van der Waals surface area contributed by atoms with Crippen molar-refractivity contribution >= 4 is 11.9 Å². The number of amides is 1. The molecule has 1 amide bonds. The summed E-state index contributed by atoms with van der Waals surface area (Å²) in [6, 6.07) is 2.51. The normalized spacial score (nSPS) is 22.1. The summed E-state index contributed by atoms with van der Waals surface area (Å²) in [6.07, 6.45) is -0.0933. The number of ether oxygens (including phenoxy) is 1. The Balaban J connectivity index is 1.83. The predicted molar refractivity (Wildman–Crippen MR) is 62.7 cm³/mol. The largest absolute Gasteiger partial charge is 0.479 e. The maximum Gasteiger partial charge on any atom is 0.332 e. The third-order valence-electron chi connectivity index (χ3n) is 2.79. The van der Waals surface area contributed by atoms with Crippen LogP contribution >= 0.6 is 0 Å². The molecule has 3 N–H and O–H groups in total. The Bertz CT molecular complexity index is 521. The van der Waals surface area contributed by atoms with E-state index in [0.717, 1.165) is 0 Å². The standard InChI is InChI=1S/C11H13N3O5/c15-9-4-2-7(13-14-9)10(16)12-5-6-1-3-8(19-6)11(17)18/h2,4,6,8H,1,3,5H2,(H,12,16)(H,14,15)(H,17,18). The van der Waals surface area contributed by atoms with E-state index in [9.17, 15) is 14.4 Å². The quantitative estimate of drug-likeness (QED) is 0.652. The number of nitrogens with zero attached hydrogens (tertiary/aromatic N) is 1. The molecule has 1 saturated heterocycles. The number of carboxylic acid groups (broad SMARTS) is 1. The van der Waals surface area contributed by atoms with Gasteiger partial charge in [0.25, 0.3) is 11.5 Å². The first-order valence-corrected chi connectivity index (χ1v) is 5.78. The Hall–Kier alpha value is -2.22. The highest BCUT2D eigenvalue weighted by Gasteiger charge is 2.30. The van der Waals surface area contributed by atoms with Gasteiger partial charge in [-0.2, -0.15) is 5.10 Å². The third kappa shape index (κ3) is 3.38. The van der Waals surface area contributed by atoms with E-state index in [2.05, 4.69) is 15.5 Å². The molecular formula is C11H13N3O5. The SMILES string of the molecule is O=C(NCC1CCC(C(=O)O)O1)c1ccc(=O)[nH]n1. The summed E-state index contributed by atoms with van der Waals surface area (Å²) in [6.45, 7) is 0.212. The van der Waals surface area contributed by atoms with Crippen molar-refractivity contribution in [2.24, 2.45) is 0 Å². The number of hydrogen-bond donors (Lipinski definition) is 3. The minimum Gasteiger partial charge on any atom is -0.479 e. The number of carboxylic acids is 1. The van der Waals surface area contributed by atoms with Gasteiger partial charge >= 0.3 is 5.97 Å². The van der Waals surface area contributed by atoms with Crippen molar-refractivity contribution in [1.82, 2.24) is 15.5 Å². The Morgan fingerprint density at radius 3 is 2.84 bits per heavy atom. The molecule has 0 aromatic carbocycles. The number of carbonyl (C=O) groups is 2. The van der Waals surface area contributed by atoms with Gasteiger partial charge in [0.2, 0.25) is 0 Å². The van der Waals surface area contributed by atoms with Crippen molar-refractivity contribution in [3.8, 4) is 0 Å². The van der Waals surface area contributed by atoms with Crippen LogP contribution in [0.3, 0.4) is 0 Å². The maximum atomic E-state index is 11.7. The second kappa shape index (κ2) is 5.61. The summed E-state index contributed by atoms with van der Waals surface area (Å²) < 4.78 is 5.24. The number of hydrogen-bond acceptors (Lipinski definition) is 5. The molecular weight excluding hydrogens is 254 g/mol. The molecule has 2 unspecified atom stereocenters. The topological polar surface area (TPSA) is 121 Å². The summed E-state index contributed by atoms with van der Waals surface area (Å²) in [7, 11) is 0. The van der Waals surface area contributed by atoms with Gasteiger partial charge in [0.15, 0.2) is 6.10 Å². The second-order valence-corrected chi connectivity index (χ2v) is 4.18. The maximum absolute atomic E-state index is 11.7. The number of H-pyrrole nitrogens is 1. The fourth-order valence-corrected chi connectivity index (χ4v) is 1.81. The molecule has 1 aromatic rings. The van der Waals surface area contributed by atoms with Gasteiger partial charge in [0, 0.05) is 12.6 Å². The highest BCUT2D eigenvalue weighted by Crippen LogP contribution is 2.19. The van der Waals surface area contributed by atoms with Crippen molar-refractivity contribution in [2.45, 2.75) is 25.0 Å². The van der Waals surface area contributed by atoms with Crippen LogP contribution in [0.5, 0.6) is 0 Å². The first kappa shape index (κ1) is 13.2. The van der Waals surface area contributed by atoms with Crippen LogP contribution in [0.25, 0.3) is 0 Å². The molecule has 2 heterocycles. The Kier molecular flexibility index (Phi) is 3.91. The summed E-state index contributed by atoms with van der Waals surface area (Å²) in [5.41, 5.74) is -0.299. The predicted octanol–water partition coefficient (Wildman–Crippen LogP) is -0.868. The fourth-order valence-electron chi connectivity index (χ4n) is 1.81. The van der Waals surface area contributed by atoms with E-state index < -0.39 is 18.0 Å². The zero-order chi connectivity index (χ0) is 13.8. The van der Waals surface area contributed by atoms with E-state index in [4.69, 9.17) is 9.84 Å². The summed E-state index contributed by atoms with van der Waals surface area (Å²) in [5.74, 6) is -1.44. The van der Waals surface area contributed by atoms with Crippen LogP contribution in [0.15, 0.2) is 16.9 Å². The van der Waals surface area contributed by atoms with E-state index in [0.29, 0.717) is 12.8 Å². The zero-order valence-electron chi connectivity index (χ0n) is 9.96. The van der Waals surface area contributed by atoms with Gasteiger partial charge in [-0.25, -0.2) is 9.89 Å². The van der Waals surface area contributed by atoms with Gasteiger partial charge < -0.3 is 15.2 Å². The zero-order valence-corrected chi connectivity index (χ0v) is 9.96. The van der Waals surface area contributed by atoms with E-state index in [1.165, 1.54) is 12.1 Å². The molecule has 0 bridgehead atoms. The monoisotopic (exact) mass is 267 g/mol. The van der Waals surface area contributed by atoms with Gasteiger partial charge in [-0.15, -0.1) is 0 Å². The highest BCUT2D eigenvalue weighted by molar-refractivity contribution is 5.91. The van der Waals surface area contributed by atoms with Crippen molar-refractivity contribution < 1.29 is 19.4 Å². The van der Waals surface area contributed by atoms with Crippen LogP contribution in [-0.4, -0.2) is 45.9 Å². The molecule has 8 heteroatoms. The fraction of sp³-hybridized carbons (Fsp3) is 0.455. The van der Waals surface area contributed by atoms with E-state index >= 15 is 0 Å². The lowest BCUT2D eigenvalue weighted by atomic mass is 10.2. The average molecular weight is 267 g/mol. The minimum absolute atomic E-state index is 0.0902. The Morgan fingerprint density at radius 2 is 2.26 bits per heavy atom. The molecule has 2 rings (SSSR count). The Morgan fingerprint density at radius 1 is 1.47 bits per heavy atom. The van der Waals surface area contributed by atoms with Gasteiger partial charge in [-0.05, 0) is 18.9 Å². The first-order chi connectivity index (χ1) is 9.06. The molecule has 8 nitrogen and oxygen atoms in total. The molecule has 1 aromatic heterocycles. The summed E-state index contributed by atoms with van der Waals surface area (Å²) >= 11 is 0. The van der Waals surface area contributed by atoms with Crippen LogP contribution in [0, 0.1) is 0 Å².